The topological polar surface area (TPSA) is 74.3 Å². The first-order valence-corrected chi connectivity index (χ1v) is 7.19. The number of rotatable bonds is 5. The molecule has 6 nitrogen and oxygen atoms in total. The van der Waals surface area contributed by atoms with Crippen LogP contribution in [0.4, 0.5) is 0 Å². The SMILES string of the molecule is CCCn1ccnc1C(NN)C1COc2ccccc2O1. The molecule has 1 aromatic heterocycles. The number of aromatic nitrogens is 2. The average Bonchev–Trinajstić information content (AvgIpc) is 2.97. The monoisotopic (exact) mass is 288 g/mol. The van der Waals surface area contributed by atoms with E-state index in [9.17, 15) is 0 Å². The van der Waals surface area contributed by atoms with E-state index in [2.05, 4.69) is 21.9 Å². The number of hydrogen-bond acceptors (Lipinski definition) is 5. The molecule has 0 saturated heterocycles. The molecule has 1 aliphatic heterocycles. The molecule has 3 N–H and O–H groups in total. The van der Waals surface area contributed by atoms with Gasteiger partial charge in [-0.15, -0.1) is 0 Å². The fourth-order valence-corrected chi connectivity index (χ4v) is 2.58. The van der Waals surface area contributed by atoms with Gasteiger partial charge >= 0.3 is 0 Å². The Bertz CT molecular complexity index is 599. The minimum Gasteiger partial charge on any atom is -0.486 e. The van der Waals surface area contributed by atoms with Gasteiger partial charge in [0.05, 0.1) is 0 Å². The zero-order chi connectivity index (χ0) is 14.7. The third-order valence-electron chi connectivity index (χ3n) is 3.57. The number of fused-ring (bicyclic) bond motifs is 1. The number of hydrazine groups is 1. The minimum absolute atomic E-state index is 0.220. The van der Waals surface area contributed by atoms with Gasteiger partial charge in [0.1, 0.15) is 18.5 Å². The van der Waals surface area contributed by atoms with Gasteiger partial charge in [0.15, 0.2) is 17.6 Å². The predicted octanol–water partition coefficient (Wildman–Crippen LogP) is 1.64. The van der Waals surface area contributed by atoms with Gasteiger partial charge in [-0.3, -0.25) is 5.84 Å². The van der Waals surface area contributed by atoms with Crippen LogP contribution >= 0.6 is 0 Å². The number of imidazole rings is 1. The summed E-state index contributed by atoms with van der Waals surface area (Å²) in [6.45, 7) is 3.47. The van der Waals surface area contributed by atoms with Crippen LogP contribution in [0.2, 0.25) is 0 Å². The summed E-state index contributed by atoms with van der Waals surface area (Å²) in [5, 5.41) is 0. The molecule has 0 spiro atoms. The summed E-state index contributed by atoms with van der Waals surface area (Å²) in [6.07, 6.45) is 4.56. The quantitative estimate of drug-likeness (QED) is 0.646. The second-order valence-corrected chi connectivity index (χ2v) is 5.04. The van der Waals surface area contributed by atoms with Gasteiger partial charge in [-0.05, 0) is 18.6 Å². The van der Waals surface area contributed by atoms with Crippen molar-refractivity contribution in [3.63, 3.8) is 0 Å². The largest absolute Gasteiger partial charge is 0.486 e. The molecule has 2 heterocycles. The van der Waals surface area contributed by atoms with Gasteiger partial charge < -0.3 is 14.0 Å². The predicted molar refractivity (Wildman–Crippen MR) is 78.9 cm³/mol. The van der Waals surface area contributed by atoms with E-state index < -0.39 is 0 Å². The molecule has 21 heavy (non-hydrogen) atoms. The van der Waals surface area contributed by atoms with E-state index in [1.807, 2.05) is 30.5 Å². The summed E-state index contributed by atoms with van der Waals surface area (Å²) in [4.78, 5) is 4.42. The molecule has 0 fully saturated rings. The van der Waals surface area contributed by atoms with Crippen LogP contribution < -0.4 is 20.7 Å². The molecule has 0 radical (unpaired) electrons. The molecule has 2 atom stereocenters. The van der Waals surface area contributed by atoms with Crippen LogP contribution in [0.15, 0.2) is 36.7 Å². The van der Waals surface area contributed by atoms with Crippen LogP contribution in [0.5, 0.6) is 11.5 Å². The lowest BCUT2D eigenvalue weighted by Crippen LogP contribution is -2.45. The second-order valence-electron chi connectivity index (χ2n) is 5.04. The maximum Gasteiger partial charge on any atom is 0.161 e. The van der Waals surface area contributed by atoms with E-state index >= 15 is 0 Å². The maximum atomic E-state index is 6.02. The summed E-state index contributed by atoms with van der Waals surface area (Å²) < 4.78 is 13.9. The van der Waals surface area contributed by atoms with Crippen LogP contribution in [0.3, 0.4) is 0 Å². The van der Waals surface area contributed by atoms with Crippen molar-refractivity contribution in [1.82, 2.24) is 15.0 Å². The van der Waals surface area contributed by atoms with Crippen LogP contribution in [0.25, 0.3) is 0 Å². The molecule has 112 valence electrons. The van der Waals surface area contributed by atoms with Crippen LogP contribution in [0.1, 0.15) is 25.2 Å². The van der Waals surface area contributed by atoms with Crippen molar-refractivity contribution in [2.75, 3.05) is 6.61 Å². The number of nitrogens with zero attached hydrogens (tertiary/aromatic N) is 2. The first-order chi connectivity index (χ1) is 10.3. The summed E-state index contributed by atoms with van der Waals surface area (Å²) in [5.74, 6) is 8.11. The molecule has 6 heteroatoms. The maximum absolute atomic E-state index is 6.02. The summed E-state index contributed by atoms with van der Waals surface area (Å²) in [5.41, 5.74) is 2.82. The van der Waals surface area contributed by atoms with Crippen LogP contribution in [0, 0.1) is 0 Å². The van der Waals surface area contributed by atoms with Gasteiger partial charge in [-0.2, -0.15) is 0 Å². The lowest BCUT2D eigenvalue weighted by molar-refractivity contribution is 0.0582. The van der Waals surface area contributed by atoms with Crippen molar-refractivity contribution in [1.29, 1.82) is 0 Å². The van der Waals surface area contributed by atoms with Gasteiger partial charge in [0.25, 0.3) is 0 Å². The Kier molecular flexibility index (Phi) is 4.08. The van der Waals surface area contributed by atoms with Crippen molar-refractivity contribution in [2.45, 2.75) is 32.0 Å². The number of hydrogen-bond donors (Lipinski definition) is 2. The van der Waals surface area contributed by atoms with Crippen molar-refractivity contribution >= 4 is 0 Å². The highest BCUT2D eigenvalue weighted by atomic mass is 16.6. The highest BCUT2D eigenvalue weighted by Gasteiger charge is 2.32. The molecular formula is C15H20N4O2. The Hall–Kier alpha value is -2.05. The zero-order valence-corrected chi connectivity index (χ0v) is 12.0. The lowest BCUT2D eigenvalue weighted by atomic mass is 10.1. The molecular weight excluding hydrogens is 268 g/mol. The minimum atomic E-state index is -0.222. The Morgan fingerprint density at radius 1 is 1.43 bits per heavy atom. The van der Waals surface area contributed by atoms with E-state index in [1.165, 1.54) is 0 Å². The molecule has 0 aliphatic carbocycles. The normalized spacial score (nSPS) is 18.5. The molecule has 2 unspecified atom stereocenters. The van der Waals surface area contributed by atoms with Crippen molar-refractivity contribution in [2.24, 2.45) is 5.84 Å². The van der Waals surface area contributed by atoms with Crippen molar-refractivity contribution < 1.29 is 9.47 Å². The molecule has 1 aliphatic rings. The van der Waals surface area contributed by atoms with Crippen LogP contribution in [-0.2, 0) is 6.54 Å². The third kappa shape index (κ3) is 2.72. The number of nitrogens with two attached hydrogens (primary N) is 1. The Labute approximate surface area is 123 Å². The number of benzene rings is 1. The average molecular weight is 288 g/mol. The fraction of sp³-hybridized carbons (Fsp3) is 0.400. The molecule has 0 bridgehead atoms. The number of ether oxygens (including phenoxy) is 2. The first-order valence-electron chi connectivity index (χ1n) is 7.19. The zero-order valence-electron chi connectivity index (χ0n) is 12.0. The molecule has 0 amide bonds. The first kappa shape index (κ1) is 13.9. The summed E-state index contributed by atoms with van der Waals surface area (Å²) in [6, 6.07) is 7.42. The van der Waals surface area contributed by atoms with Gasteiger partial charge in [0, 0.05) is 18.9 Å². The van der Waals surface area contributed by atoms with Gasteiger partial charge in [-0.25, -0.2) is 10.4 Å². The Morgan fingerprint density at radius 3 is 3.00 bits per heavy atom. The smallest absolute Gasteiger partial charge is 0.161 e. The highest BCUT2D eigenvalue weighted by Crippen LogP contribution is 2.33. The molecule has 1 aromatic carbocycles. The van der Waals surface area contributed by atoms with Gasteiger partial charge in [0.2, 0.25) is 0 Å². The molecule has 0 saturated carbocycles. The third-order valence-corrected chi connectivity index (χ3v) is 3.57. The van der Waals surface area contributed by atoms with E-state index in [1.54, 1.807) is 6.20 Å². The van der Waals surface area contributed by atoms with Crippen molar-refractivity contribution in [3.05, 3.63) is 42.5 Å². The standard InChI is InChI=1S/C15H20N4O2/c1-2-8-19-9-7-17-15(19)14(18-16)13-10-20-11-5-3-4-6-12(11)21-13/h3-7,9,13-14,18H,2,8,10,16H2,1H3. The van der Waals surface area contributed by atoms with Crippen molar-refractivity contribution in [3.8, 4) is 11.5 Å². The second kappa shape index (κ2) is 6.15. The number of aryl methyl sites for hydroxylation is 1. The van der Waals surface area contributed by atoms with E-state index in [4.69, 9.17) is 15.3 Å². The summed E-state index contributed by atoms with van der Waals surface area (Å²) in [7, 11) is 0. The fourth-order valence-electron chi connectivity index (χ4n) is 2.58. The Balaban J connectivity index is 1.83. The van der Waals surface area contributed by atoms with Crippen LogP contribution in [-0.4, -0.2) is 22.3 Å². The number of para-hydroxylation sites is 2. The van der Waals surface area contributed by atoms with E-state index in [-0.39, 0.29) is 12.1 Å². The Morgan fingerprint density at radius 2 is 2.24 bits per heavy atom. The van der Waals surface area contributed by atoms with Gasteiger partial charge in [-0.1, -0.05) is 19.1 Å². The summed E-state index contributed by atoms with van der Waals surface area (Å²) >= 11 is 0. The molecule has 2 aromatic rings. The molecule has 3 rings (SSSR count). The number of nitrogens with one attached hydrogen (secondary N) is 1. The lowest BCUT2D eigenvalue weighted by Gasteiger charge is -2.31. The van der Waals surface area contributed by atoms with E-state index in [0.717, 1.165) is 30.3 Å². The highest BCUT2D eigenvalue weighted by molar-refractivity contribution is 5.41. The van der Waals surface area contributed by atoms with E-state index in [0.29, 0.717) is 6.61 Å².